The van der Waals surface area contributed by atoms with E-state index in [0.717, 1.165) is 19.4 Å². The molecule has 0 unspecified atom stereocenters. The third kappa shape index (κ3) is 4.11. The van der Waals surface area contributed by atoms with Crippen LogP contribution in [0.15, 0.2) is 5.10 Å². The largest absolute Gasteiger partial charge is 0.322 e. The lowest BCUT2D eigenvalue weighted by Crippen LogP contribution is -2.31. The molecule has 0 aliphatic heterocycles. The van der Waals surface area contributed by atoms with Crippen LogP contribution in [0.25, 0.3) is 0 Å². The van der Waals surface area contributed by atoms with Gasteiger partial charge in [-0.15, -0.1) is 0 Å². The molecule has 10 heavy (non-hydrogen) atoms. The lowest BCUT2D eigenvalue weighted by molar-refractivity contribution is 0.734. The molecule has 0 atom stereocenters. The van der Waals surface area contributed by atoms with Gasteiger partial charge in [0.25, 0.3) is 0 Å². The minimum absolute atomic E-state index is 0.634. The maximum absolute atomic E-state index is 5.08. The first-order valence-electron chi connectivity index (χ1n) is 3.23. The fraction of sp³-hybridized carbons (Fsp3) is 0.800. The van der Waals surface area contributed by atoms with Gasteiger partial charge in [-0.1, -0.05) is 0 Å². The molecule has 0 fully saturated rings. The van der Waals surface area contributed by atoms with Crippen molar-refractivity contribution in [2.24, 2.45) is 16.8 Å². The number of hydrogen-bond donors (Lipinski definition) is 4. The van der Waals surface area contributed by atoms with E-state index in [4.69, 9.17) is 11.7 Å². The van der Waals surface area contributed by atoms with Gasteiger partial charge in [-0.3, -0.25) is 0 Å². The Morgan fingerprint density at radius 2 is 2.30 bits per heavy atom. The van der Waals surface area contributed by atoms with Crippen LogP contribution in [-0.2, 0) is 0 Å². The molecule has 0 aliphatic rings. The highest BCUT2D eigenvalue weighted by molar-refractivity contribution is 5.81. The maximum Gasteiger partial charge on any atom is 0.135 e. The fourth-order valence-corrected chi connectivity index (χ4v) is 0.607. The van der Waals surface area contributed by atoms with Crippen molar-refractivity contribution in [3.05, 3.63) is 0 Å². The van der Waals surface area contributed by atoms with Crippen LogP contribution in [0.4, 0.5) is 0 Å². The minimum Gasteiger partial charge on any atom is -0.322 e. The van der Waals surface area contributed by atoms with E-state index in [1.807, 2.05) is 7.05 Å². The van der Waals surface area contributed by atoms with E-state index in [1.54, 1.807) is 0 Å². The predicted octanol–water partition coefficient (Wildman–Crippen LogP) is -1.28. The molecule has 0 heterocycles. The van der Waals surface area contributed by atoms with Gasteiger partial charge in [0, 0.05) is 6.42 Å². The summed E-state index contributed by atoms with van der Waals surface area (Å²) in [6.45, 7) is 0.945. The zero-order valence-electron chi connectivity index (χ0n) is 6.22. The summed E-state index contributed by atoms with van der Waals surface area (Å²) in [5.74, 6) is 10.7. The average molecular weight is 145 g/mol. The summed E-state index contributed by atoms with van der Waals surface area (Å²) in [5.41, 5.74) is 2.41. The summed E-state index contributed by atoms with van der Waals surface area (Å²) in [5, 5.41) is 6.44. The predicted molar refractivity (Wildman–Crippen MR) is 42.1 cm³/mol. The van der Waals surface area contributed by atoms with E-state index in [2.05, 4.69) is 15.8 Å². The normalized spacial score (nSPS) is 11.6. The highest BCUT2D eigenvalue weighted by Gasteiger charge is 1.93. The second-order valence-electron chi connectivity index (χ2n) is 1.93. The van der Waals surface area contributed by atoms with Crippen molar-refractivity contribution in [2.45, 2.75) is 12.8 Å². The lowest BCUT2D eigenvalue weighted by atomic mass is 10.3. The summed E-state index contributed by atoms with van der Waals surface area (Å²) in [4.78, 5) is 0. The molecule has 0 amide bonds. The molecule has 5 nitrogen and oxygen atoms in total. The van der Waals surface area contributed by atoms with E-state index in [9.17, 15) is 0 Å². The zero-order chi connectivity index (χ0) is 7.82. The number of nitrogens with two attached hydrogens (primary N) is 2. The van der Waals surface area contributed by atoms with Crippen LogP contribution < -0.4 is 22.4 Å². The molecule has 5 heteroatoms. The SMILES string of the molecule is CNCCC/C(=N/N)NN. The van der Waals surface area contributed by atoms with Crippen LogP contribution in [0, 0.1) is 0 Å². The van der Waals surface area contributed by atoms with Crippen LogP contribution in [0.2, 0.25) is 0 Å². The number of amidine groups is 1. The molecule has 0 rings (SSSR count). The van der Waals surface area contributed by atoms with Gasteiger partial charge in [0.2, 0.25) is 0 Å². The van der Waals surface area contributed by atoms with Crippen molar-refractivity contribution < 1.29 is 0 Å². The molecule has 0 aliphatic carbocycles. The Hall–Kier alpha value is -0.810. The first-order chi connectivity index (χ1) is 4.85. The first-order valence-corrected chi connectivity index (χ1v) is 3.23. The number of hydrazone groups is 1. The van der Waals surface area contributed by atoms with Crippen molar-refractivity contribution in [2.75, 3.05) is 13.6 Å². The molecule has 0 aromatic rings. The Morgan fingerprint density at radius 3 is 2.70 bits per heavy atom. The van der Waals surface area contributed by atoms with Gasteiger partial charge in [0.15, 0.2) is 0 Å². The van der Waals surface area contributed by atoms with Crippen molar-refractivity contribution >= 4 is 5.84 Å². The van der Waals surface area contributed by atoms with Crippen molar-refractivity contribution in [3.8, 4) is 0 Å². The van der Waals surface area contributed by atoms with E-state index in [1.165, 1.54) is 0 Å². The molecule has 60 valence electrons. The molecular formula is C5H15N5. The number of hydrazine groups is 1. The summed E-state index contributed by atoms with van der Waals surface area (Å²) >= 11 is 0. The molecule has 0 spiro atoms. The monoisotopic (exact) mass is 145 g/mol. The standard InChI is InChI=1S/C5H15N5/c1-8-4-2-3-5(9-6)10-7/h8H,2-4,6-7H2,1H3,(H,9,10). The molecule has 0 saturated heterocycles. The van der Waals surface area contributed by atoms with Crippen LogP contribution in [0.3, 0.4) is 0 Å². The third-order valence-corrected chi connectivity index (χ3v) is 1.16. The van der Waals surface area contributed by atoms with Crippen LogP contribution in [-0.4, -0.2) is 19.4 Å². The van der Waals surface area contributed by atoms with E-state index in [-0.39, 0.29) is 0 Å². The Morgan fingerprint density at radius 1 is 1.60 bits per heavy atom. The molecule has 0 saturated carbocycles. The van der Waals surface area contributed by atoms with E-state index >= 15 is 0 Å². The van der Waals surface area contributed by atoms with Crippen LogP contribution in [0.5, 0.6) is 0 Å². The number of hydrogen-bond acceptors (Lipinski definition) is 4. The lowest BCUT2D eigenvalue weighted by Gasteiger charge is -2.01. The Bertz CT molecular complexity index is 100. The van der Waals surface area contributed by atoms with Crippen molar-refractivity contribution in [1.29, 1.82) is 0 Å². The van der Waals surface area contributed by atoms with Gasteiger partial charge in [0.05, 0.1) is 0 Å². The summed E-state index contributed by atoms with van der Waals surface area (Å²) in [6.07, 6.45) is 1.77. The summed E-state index contributed by atoms with van der Waals surface area (Å²) in [6, 6.07) is 0. The Labute approximate surface area is 60.8 Å². The molecule has 0 aromatic carbocycles. The van der Waals surface area contributed by atoms with E-state index in [0.29, 0.717) is 5.84 Å². The van der Waals surface area contributed by atoms with Gasteiger partial charge in [-0.2, -0.15) is 5.10 Å². The summed E-state index contributed by atoms with van der Waals surface area (Å²) < 4.78 is 0. The third-order valence-electron chi connectivity index (χ3n) is 1.16. The number of nitrogens with one attached hydrogen (secondary N) is 2. The molecule has 0 aromatic heterocycles. The highest BCUT2D eigenvalue weighted by Crippen LogP contribution is 1.85. The quantitative estimate of drug-likeness (QED) is 0.130. The number of rotatable bonds is 4. The van der Waals surface area contributed by atoms with Gasteiger partial charge < -0.3 is 16.6 Å². The second-order valence-corrected chi connectivity index (χ2v) is 1.93. The van der Waals surface area contributed by atoms with Gasteiger partial charge in [-0.05, 0) is 20.0 Å². The Kier molecular flexibility index (Phi) is 5.80. The highest BCUT2D eigenvalue weighted by atomic mass is 15.3. The molecule has 0 radical (unpaired) electrons. The second kappa shape index (κ2) is 6.31. The van der Waals surface area contributed by atoms with Gasteiger partial charge in [0.1, 0.15) is 5.84 Å². The maximum atomic E-state index is 5.08. The molecule has 0 bridgehead atoms. The molecule has 6 N–H and O–H groups in total. The fourth-order valence-electron chi connectivity index (χ4n) is 0.607. The zero-order valence-corrected chi connectivity index (χ0v) is 6.22. The Balaban J connectivity index is 3.27. The smallest absolute Gasteiger partial charge is 0.135 e. The van der Waals surface area contributed by atoms with Crippen molar-refractivity contribution in [1.82, 2.24) is 10.7 Å². The summed E-state index contributed by atoms with van der Waals surface area (Å²) in [7, 11) is 1.90. The molecular weight excluding hydrogens is 130 g/mol. The van der Waals surface area contributed by atoms with Crippen LogP contribution in [0.1, 0.15) is 12.8 Å². The van der Waals surface area contributed by atoms with Gasteiger partial charge >= 0.3 is 0 Å². The average Bonchev–Trinajstić information content (AvgIpc) is 1.99. The van der Waals surface area contributed by atoms with E-state index < -0.39 is 0 Å². The van der Waals surface area contributed by atoms with Crippen LogP contribution >= 0.6 is 0 Å². The van der Waals surface area contributed by atoms with Crippen molar-refractivity contribution in [3.63, 3.8) is 0 Å². The minimum atomic E-state index is 0.634. The topological polar surface area (TPSA) is 88.5 Å². The van der Waals surface area contributed by atoms with Gasteiger partial charge in [-0.25, -0.2) is 5.84 Å². The number of nitrogens with zero attached hydrogens (tertiary/aromatic N) is 1. The first kappa shape index (κ1) is 9.19.